The number of aromatic nitrogens is 5. The first-order valence-corrected chi connectivity index (χ1v) is 8.09. The summed E-state index contributed by atoms with van der Waals surface area (Å²) in [5, 5.41) is 14.9. The zero-order chi connectivity index (χ0) is 16.9. The Kier molecular flexibility index (Phi) is 3.31. The van der Waals surface area contributed by atoms with Crippen LogP contribution in [-0.4, -0.2) is 35.3 Å². The summed E-state index contributed by atoms with van der Waals surface area (Å²) in [7, 11) is 0. The van der Waals surface area contributed by atoms with Gasteiger partial charge in [-0.15, -0.1) is 5.10 Å². The number of hydrogen-bond donors (Lipinski definition) is 2. The molecular formula is C16H20N6O2. The smallest absolute Gasteiger partial charge is 0.245 e. The highest BCUT2D eigenvalue weighted by atomic mass is 16.3. The molecule has 126 valence electrons. The monoisotopic (exact) mass is 328 g/mol. The molecule has 0 aromatic carbocycles. The fraction of sp³-hybridized carbons (Fsp3) is 0.500. The van der Waals surface area contributed by atoms with E-state index in [0.717, 1.165) is 24.8 Å². The minimum Gasteiger partial charge on any atom is -0.443 e. The molecule has 8 heteroatoms. The molecule has 0 aliphatic heterocycles. The highest BCUT2D eigenvalue weighted by molar-refractivity contribution is 5.65. The van der Waals surface area contributed by atoms with Gasteiger partial charge in [-0.1, -0.05) is 0 Å². The second-order valence-corrected chi connectivity index (χ2v) is 6.78. The summed E-state index contributed by atoms with van der Waals surface area (Å²) in [4.78, 5) is 13.2. The first kappa shape index (κ1) is 15.1. The zero-order valence-corrected chi connectivity index (χ0v) is 13.7. The van der Waals surface area contributed by atoms with E-state index in [0.29, 0.717) is 29.5 Å². The lowest BCUT2D eigenvalue weighted by Crippen LogP contribution is -2.31. The summed E-state index contributed by atoms with van der Waals surface area (Å²) in [5.74, 6) is 1.48. The van der Waals surface area contributed by atoms with E-state index in [4.69, 9.17) is 10.2 Å². The molecule has 3 aromatic rings. The molecule has 1 aliphatic rings. The molecule has 0 bridgehead atoms. The lowest BCUT2D eigenvalue weighted by Gasteiger charge is -2.32. The van der Waals surface area contributed by atoms with Gasteiger partial charge in [-0.05, 0) is 39.5 Å². The van der Waals surface area contributed by atoms with Gasteiger partial charge in [-0.25, -0.2) is 15.0 Å². The normalized spacial score (nSPS) is 24.5. The van der Waals surface area contributed by atoms with Gasteiger partial charge >= 0.3 is 0 Å². The number of nitrogen functional groups attached to an aromatic ring is 1. The van der Waals surface area contributed by atoms with Crippen molar-refractivity contribution in [3.05, 3.63) is 23.8 Å². The van der Waals surface area contributed by atoms with E-state index in [2.05, 4.69) is 20.1 Å². The van der Waals surface area contributed by atoms with E-state index in [1.165, 1.54) is 6.26 Å². The minimum absolute atomic E-state index is 0.123. The quantitative estimate of drug-likeness (QED) is 0.740. The molecule has 1 aliphatic carbocycles. The van der Waals surface area contributed by atoms with Crippen LogP contribution in [-0.2, 0) is 0 Å². The molecular weight excluding hydrogens is 308 g/mol. The Hall–Kier alpha value is -2.48. The summed E-state index contributed by atoms with van der Waals surface area (Å²) in [5.41, 5.74) is 7.43. The summed E-state index contributed by atoms with van der Waals surface area (Å²) in [6.07, 6.45) is 6.46. The molecule has 3 aromatic heterocycles. The van der Waals surface area contributed by atoms with Crippen LogP contribution in [0.15, 0.2) is 16.9 Å². The fourth-order valence-corrected chi connectivity index (χ4v) is 3.49. The molecule has 0 saturated heterocycles. The lowest BCUT2D eigenvalue weighted by atomic mass is 9.79. The van der Waals surface area contributed by atoms with Crippen molar-refractivity contribution in [3.63, 3.8) is 0 Å². The van der Waals surface area contributed by atoms with Crippen molar-refractivity contribution in [3.8, 4) is 11.6 Å². The van der Waals surface area contributed by atoms with Gasteiger partial charge in [0.1, 0.15) is 12.0 Å². The number of hydrogen-bond acceptors (Lipinski definition) is 7. The maximum Gasteiger partial charge on any atom is 0.245 e. The third-order valence-corrected chi connectivity index (χ3v) is 4.71. The van der Waals surface area contributed by atoms with Crippen molar-refractivity contribution in [1.29, 1.82) is 0 Å². The van der Waals surface area contributed by atoms with Crippen LogP contribution < -0.4 is 5.73 Å². The summed E-state index contributed by atoms with van der Waals surface area (Å²) >= 11 is 0. The predicted octanol–water partition coefficient (Wildman–Crippen LogP) is 2.08. The average molecular weight is 328 g/mol. The molecule has 1 fully saturated rings. The van der Waals surface area contributed by atoms with E-state index in [1.54, 1.807) is 10.7 Å². The van der Waals surface area contributed by atoms with Crippen LogP contribution in [0.25, 0.3) is 17.2 Å². The number of oxazole rings is 1. The first-order valence-electron chi connectivity index (χ1n) is 8.09. The third-order valence-electron chi connectivity index (χ3n) is 4.71. The number of aliphatic hydroxyl groups is 1. The van der Waals surface area contributed by atoms with Crippen molar-refractivity contribution >= 4 is 11.6 Å². The van der Waals surface area contributed by atoms with Gasteiger partial charge < -0.3 is 15.3 Å². The third kappa shape index (κ3) is 2.43. The fourth-order valence-electron chi connectivity index (χ4n) is 3.49. The molecule has 8 nitrogen and oxygen atoms in total. The second kappa shape index (κ2) is 5.27. The van der Waals surface area contributed by atoms with Gasteiger partial charge in [-0.2, -0.15) is 4.52 Å². The standard InChI is InChI=1S/C16H20N6O2/c1-9-11(14-18-6-7-24-14)19-15(17)22-13(9)20-12(21-22)10-4-3-5-16(2,23)8-10/h6-7,10,23H,3-5,8H2,1-2H3,(H2,17,19)/t10?,16-/m0/s1. The highest BCUT2D eigenvalue weighted by Gasteiger charge is 2.33. The molecule has 3 heterocycles. The van der Waals surface area contributed by atoms with Gasteiger partial charge in [-0.3, -0.25) is 0 Å². The van der Waals surface area contributed by atoms with Crippen molar-refractivity contribution in [1.82, 2.24) is 24.6 Å². The van der Waals surface area contributed by atoms with Crippen LogP contribution in [0.5, 0.6) is 0 Å². The summed E-state index contributed by atoms with van der Waals surface area (Å²) in [6.45, 7) is 3.77. The topological polar surface area (TPSA) is 115 Å². The predicted molar refractivity (Wildman–Crippen MR) is 87.3 cm³/mol. The van der Waals surface area contributed by atoms with Crippen LogP contribution in [0.4, 0.5) is 5.95 Å². The number of fused-ring (bicyclic) bond motifs is 1. The van der Waals surface area contributed by atoms with E-state index in [9.17, 15) is 5.11 Å². The molecule has 0 radical (unpaired) electrons. The number of nitrogens with zero attached hydrogens (tertiary/aromatic N) is 5. The maximum absolute atomic E-state index is 10.3. The summed E-state index contributed by atoms with van der Waals surface area (Å²) < 4.78 is 6.89. The van der Waals surface area contributed by atoms with Crippen LogP contribution in [0.2, 0.25) is 0 Å². The Morgan fingerprint density at radius 1 is 1.42 bits per heavy atom. The van der Waals surface area contributed by atoms with E-state index < -0.39 is 5.60 Å². The van der Waals surface area contributed by atoms with Gasteiger partial charge in [0.15, 0.2) is 11.5 Å². The minimum atomic E-state index is -0.664. The van der Waals surface area contributed by atoms with Gasteiger partial charge in [0, 0.05) is 11.5 Å². The van der Waals surface area contributed by atoms with E-state index in [1.807, 2.05) is 13.8 Å². The van der Waals surface area contributed by atoms with Crippen LogP contribution >= 0.6 is 0 Å². The largest absolute Gasteiger partial charge is 0.443 e. The Morgan fingerprint density at radius 3 is 2.96 bits per heavy atom. The summed E-state index contributed by atoms with van der Waals surface area (Å²) in [6, 6.07) is 0. The number of nitrogens with two attached hydrogens (primary N) is 1. The molecule has 2 atom stereocenters. The zero-order valence-electron chi connectivity index (χ0n) is 13.7. The first-order chi connectivity index (χ1) is 11.4. The van der Waals surface area contributed by atoms with Crippen molar-refractivity contribution in [2.75, 3.05) is 5.73 Å². The Bertz CT molecular complexity index is 884. The molecule has 24 heavy (non-hydrogen) atoms. The molecule has 0 amide bonds. The van der Waals surface area contributed by atoms with Crippen LogP contribution in [0.3, 0.4) is 0 Å². The maximum atomic E-state index is 10.3. The van der Waals surface area contributed by atoms with Gasteiger partial charge in [0.2, 0.25) is 11.8 Å². The average Bonchev–Trinajstić information content (AvgIpc) is 3.19. The van der Waals surface area contributed by atoms with Crippen LogP contribution in [0.1, 0.15) is 49.9 Å². The Morgan fingerprint density at radius 2 is 2.25 bits per heavy atom. The van der Waals surface area contributed by atoms with Gasteiger partial charge in [0.05, 0.1) is 11.8 Å². The molecule has 0 spiro atoms. The molecule has 1 unspecified atom stereocenters. The number of aryl methyl sites for hydroxylation is 1. The van der Waals surface area contributed by atoms with Crippen molar-refractivity contribution in [2.45, 2.75) is 51.0 Å². The number of anilines is 1. The SMILES string of the molecule is Cc1c(-c2ncco2)nc(N)n2nc(C3CCC[C@](C)(O)C3)nc12. The second-order valence-electron chi connectivity index (χ2n) is 6.78. The van der Waals surface area contributed by atoms with E-state index >= 15 is 0 Å². The van der Waals surface area contributed by atoms with Crippen molar-refractivity contribution in [2.24, 2.45) is 0 Å². The Labute approximate surface area is 138 Å². The highest BCUT2D eigenvalue weighted by Crippen LogP contribution is 2.37. The molecule has 3 N–H and O–H groups in total. The number of rotatable bonds is 2. The molecule has 4 rings (SSSR count). The molecule has 1 saturated carbocycles. The van der Waals surface area contributed by atoms with Crippen LogP contribution in [0, 0.1) is 6.92 Å². The van der Waals surface area contributed by atoms with Gasteiger partial charge in [0.25, 0.3) is 0 Å². The lowest BCUT2D eigenvalue weighted by molar-refractivity contribution is 0.0134. The Balaban J connectivity index is 1.81. The van der Waals surface area contributed by atoms with Crippen molar-refractivity contribution < 1.29 is 9.52 Å². The van der Waals surface area contributed by atoms with E-state index in [-0.39, 0.29) is 11.9 Å².